The van der Waals surface area contributed by atoms with Crippen LogP contribution in [0.2, 0.25) is 0 Å². The molecule has 3 aliphatic heterocycles. The second-order valence-corrected chi connectivity index (χ2v) is 12.0. The minimum Gasteiger partial charge on any atom is -0.408 e. The van der Waals surface area contributed by atoms with Gasteiger partial charge in [0, 0.05) is 31.5 Å². The SMILES string of the molecule is NC1CC(C(=O)N2CCC(CCN3CCC(c4ccc5c(c4)oc(=O)n5C4CCC(=O)NC4=O)CC3)CC2)C1. The molecular formula is C29H39N5O5. The highest BCUT2D eigenvalue weighted by Gasteiger charge is 2.36. The van der Waals surface area contributed by atoms with Gasteiger partial charge in [0.2, 0.25) is 17.7 Å². The Balaban J connectivity index is 0.985. The van der Waals surface area contributed by atoms with Crippen molar-refractivity contribution in [2.24, 2.45) is 17.6 Å². The first-order chi connectivity index (χ1) is 18.9. The third kappa shape index (κ3) is 5.41. The van der Waals surface area contributed by atoms with E-state index in [9.17, 15) is 19.2 Å². The number of nitrogens with one attached hydrogen (secondary N) is 1. The molecule has 3 N–H and O–H groups in total. The number of oxazole rings is 1. The summed E-state index contributed by atoms with van der Waals surface area (Å²) >= 11 is 0. The Labute approximate surface area is 227 Å². The number of hydrogen-bond acceptors (Lipinski definition) is 7. The van der Waals surface area contributed by atoms with E-state index in [1.54, 1.807) is 0 Å². The maximum Gasteiger partial charge on any atom is 0.420 e. The predicted octanol–water partition coefficient (Wildman–Crippen LogP) is 2.12. The van der Waals surface area contributed by atoms with E-state index in [-0.39, 0.29) is 24.3 Å². The van der Waals surface area contributed by atoms with Crippen molar-refractivity contribution in [2.45, 2.75) is 75.8 Å². The number of aromatic nitrogens is 1. The fraction of sp³-hybridized carbons (Fsp3) is 0.655. The van der Waals surface area contributed by atoms with Crippen molar-refractivity contribution >= 4 is 28.8 Å². The highest BCUT2D eigenvalue weighted by atomic mass is 16.4. The van der Waals surface area contributed by atoms with Gasteiger partial charge < -0.3 is 20.0 Å². The molecule has 1 aromatic carbocycles. The van der Waals surface area contributed by atoms with Crippen LogP contribution in [0.4, 0.5) is 0 Å². The van der Waals surface area contributed by atoms with E-state index in [0.29, 0.717) is 35.3 Å². The first-order valence-corrected chi connectivity index (χ1v) is 14.6. The van der Waals surface area contributed by atoms with Crippen LogP contribution in [0.1, 0.15) is 75.3 Å². The van der Waals surface area contributed by atoms with Crippen LogP contribution in [-0.2, 0) is 14.4 Å². The van der Waals surface area contributed by atoms with Crippen molar-refractivity contribution in [3.8, 4) is 0 Å². The molecule has 0 spiro atoms. The van der Waals surface area contributed by atoms with E-state index < -0.39 is 17.7 Å². The summed E-state index contributed by atoms with van der Waals surface area (Å²) in [7, 11) is 0. The molecule has 0 radical (unpaired) electrons. The summed E-state index contributed by atoms with van der Waals surface area (Å²) in [5.74, 6) is 0.261. The van der Waals surface area contributed by atoms with Crippen molar-refractivity contribution in [1.29, 1.82) is 0 Å². The average Bonchev–Trinajstić information content (AvgIpc) is 3.25. The number of nitrogens with two attached hydrogens (primary N) is 1. The minimum atomic E-state index is -0.722. The first kappa shape index (κ1) is 26.3. The van der Waals surface area contributed by atoms with Crippen LogP contribution in [0.15, 0.2) is 27.4 Å². The molecule has 0 bridgehead atoms. The van der Waals surface area contributed by atoms with Crippen molar-refractivity contribution in [2.75, 3.05) is 32.7 Å². The quantitative estimate of drug-likeness (QED) is 0.540. The largest absolute Gasteiger partial charge is 0.420 e. The first-order valence-electron chi connectivity index (χ1n) is 14.6. The molecule has 1 aliphatic carbocycles. The fourth-order valence-corrected chi connectivity index (χ4v) is 6.95. The van der Waals surface area contributed by atoms with E-state index in [2.05, 4.69) is 15.1 Å². The predicted molar refractivity (Wildman–Crippen MR) is 145 cm³/mol. The molecule has 4 aliphatic rings. The van der Waals surface area contributed by atoms with Gasteiger partial charge >= 0.3 is 5.76 Å². The Morgan fingerprint density at radius 2 is 1.74 bits per heavy atom. The van der Waals surface area contributed by atoms with Crippen molar-refractivity contribution < 1.29 is 18.8 Å². The fourth-order valence-electron chi connectivity index (χ4n) is 6.95. The molecule has 3 saturated heterocycles. The topological polar surface area (TPSA) is 131 Å². The molecule has 3 amide bonds. The summed E-state index contributed by atoms with van der Waals surface area (Å²) in [5.41, 5.74) is 8.11. The lowest BCUT2D eigenvalue weighted by Crippen LogP contribution is -2.49. The van der Waals surface area contributed by atoms with Gasteiger partial charge in [0.05, 0.1) is 5.52 Å². The number of carbonyl (C=O) groups excluding carboxylic acids is 3. The van der Waals surface area contributed by atoms with Crippen LogP contribution in [0.25, 0.3) is 11.1 Å². The summed E-state index contributed by atoms with van der Waals surface area (Å²) in [6.07, 6.45) is 7.72. The molecule has 1 saturated carbocycles. The van der Waals surface area contributed by atoms with Gasteiger partial charge in [-0.05, 0) is 101 Å². The number of benzene rings is 1. The van der Waals surface area contributed by atoms with Crippen molar-refractivity contribution in [1.82, 2.24) is 19.7 Å². The Morgan fingerprint density at radius 1 is 1.00 bits per heavy atom. The molecular weight excluding hydrogens is 498 g/mol. The van der Waals surface area contributed by atoms with Gasteiger partial charge in [-0.25, -0.2) is 4.79 Å². The number of imide groups is 1. The summed E-state index contributed by atoms with van der Waals surface area (Å²) < 4.78 is 6.92. The number of likely N-dealkylation sites (tertiary alicyclic amines) is 2. The molecule has 2 aromatic rings. The average molecular weight is 538 g/mol. The molecule has 210 valence electrons. The molecule has 4 fully saturated rings. The number of hydrogen-bond donors (Lipinski definition) is 2. The minimum absolute atomic E-state index is 0.167. The zero-order valence-corrected chi connectivity index (χ0v) is 22.5. The van der Waals surface area contributed by atoms with E-state index in [1.165, 1.54) is 11.0 Å². The lowest BCUT2D eigenvalue weighted by molar-refractivity contribution is -0.140. The second-order valence-electron chi connectivity index (χ2n) is 12.0. The number of carbonyl (C=O) groups is 3. The molecule has 1 atom stereocenters. The van der Waals surface area contributed by atoms with Crippen LogP contribution >= 0.6 is 0 Å². The Kier molecular flexibility index (Phi) is 7.33. The summed E-state index contributed by atoms with van der Waals surface area (Å²) in [5, 5.41) is 2.32. The van der Waals surface area contributed by atoms with Gasteiger partial charge in [0.15, 0.2) is 5.58 Å². The number of amides is 3. The summed E-state index contributed by atoms with van der Waals surface area (Å²) in [6, 6.07) is 5.37. The molecule has 1 unspecified atom stereocenters. The normalized spacial score (nSPS) is 27.5. The highest BCUT2D eigenvalue weighted by molar-refractivity contribution is 6.00. The molecule has 10 nitrogen and oxygen atoms in total. The maximum atomic E-state index is 12.6. The number of rotatable bonds is 6. The molecule has 4 heterocycles. The molecule has 6 rings (SSSR count). The van der Waals surface area contributed by atoms with Gasteiger partial charge in [-0.1, -0.05) is 6.07 Å². The number of nitrogens with zero attached hydrogens (tertiary/aromatic N) is 3. The zero-order valence-electron chi connectivity index (χ0n) is 22.5. The molecule has 39 heavy (non-hydrogen) atoms. The maximum absolute atomic E-state index is 12.6. The number of fused-ring (bicyclic) bond motifs is 1. The zero-order chi connectivity index (χ0) is 27.1. The van der Waals surface area contributed by atoms with Crippen LogP contribution < -0.4 is 16.8 Å². The van der Waals surface area contributed by atoms with E-state index in [1.807, 2.05) is 18.2 Å². The van der Waals surface area contributed by atoms with Crippen LogP contribution in [-0.4, -0.2) is 70.9 Å². The third-order valence-corrected chi connectivity index (χ3v) is 9.52. The van der Waals surface area contributed by atoms with Gasteiger partial charge in [-0.3, -0.25) is 24.3 Å². The second kappa shape index (κ2) is 10.9. The van der Waals surface area contributed by atoms with Crippen molar-refractivity contribution in [3.63, 3.8) is 0 Å². The lowest BCUT2D eigenvalue weighted by Gasteiger charge is -2.39. The van der Waals surface area contributed by atoms with Gasteiger partial charge in [-0.2, -0.15) is 0 Å². The van der Waals surface area contributed by atoms with Crippen LogP contribution in [0.5, 0.6) is 0 Å². The van der Waals surface area contributed by atoms with Crippen molar-refractivity contribution in [3.05, 3.63) is 34.3 Å². The Hall–Kier alpha value is -2.98. The summed E-state index contributed by atoms with van der Waals surface area (Å²) in [6.45, 7) is 4.97. The Bertz CT molecular complexity index is 1290. The molecule has 1 aromatic heterocycles. The van der Waals surface area contributed by atoms with Crippen LogP contribution in [0, 0.1) is 11.8 Å². The standard InChI is InChI=1S/C29H39N5O5/c30-22-15-21(16-22)28(37)33-13-6-18(7-14-33)5-10-32-11-8-19(9-12-32)20-1-2-23-25(17-20)39-29(38)34(23)24-3-4-26(35)31-27(24)36/h1-2,17-19,21-22,24H,3-16,30H2,(H,31,35,36). The smallest absolute Gasteiger partial charge is 0.408 e. The summed E-state index contributed by atoms with van der Waals surface area (Å²) in [4.78, 5) is 53.7. The molecule has 10 heteroatoms. The monoisotopic (exact) mass is 537 g/mol. The highest BCUT2D eigenvalue weighted by Crippen LogP contribution is 2.33. The van der Waals surface area contributed by atoms with E-state index in [0.717, 1.165) is 76.8 Å². The van der Waals surface area contributed by atoms with E-state index >= 15 is 0 Å². The van der Waals surface area contributed by atoms with Crippen LogP contribution in [0.3, 0.4) is 0 Å². The number of piperidine rings is 3. The lowest BCUT2D eigenvalue weighted by atomic mass is 9.79. The van der Waals surface area contributed by atoms with E-state index in [4.69, 9.17) is 10.2 Å². The van der Waals surface area contributed by atoms with Gasteiger partial charge in [0.25, 0.3) is 0 Å². The van der Waals surface area contributed by atoms with Gasteiger partial charge in [-0.15, -0.1) is 0 Å². The van der Waals surface area contributed by atoms with Gasteiger partial charge in [0.1, 0.15) is 6.04 Å². The third-order valence-electron chi connectivity index (χ3n) is 9.52. The Morgan fingerprint density at radius 3 is 2.44 bits per heavy atom.